The second-order valence-corrected chi connectivity index (χ2v) is 6.53. The van der Waals surface area contributed by atoms with Crippen LogP contribution in [0.1, 0.15) is 38.6 Å². The van der Waals surface area contributed by atoms with Crippen LogP contribution in [0.25, 0.3) is 5.65 Å². The zero-order chi connectivity index (χ0) is 16.9. The van der Waals surface area contributed by atoms with E-state index in [1.165, 1.54) is 5.69 Å². The molecular formula is C17H26N4O2. The van der Waals surface area contributed by atoms with Crippen molar-refractivity contribution in [2.75, 3.05) is 13.1 Å². The second kappa shape index (κ2) is 7.46. The number of rotatable bonds is 6. The Kier molecular flexibility index (Phi) is 5.60. The monoisotopic (exact) mass is 318 g/mol. The number of imidazole rings is 1. The number of nitrogens with one attached hydrogen (secondary N) is 2. The maximum absolute atomic E-state index is 11.5. The van der Waals surface area contributed by atoms with Crippen LogP contribution >= 0.6 is 0 Å². The van der Waals surface area contributed by atoms with E-state index in [1.807, 2.05) is 52.1 Å². The van der Waals surface area contributed by atoms with Gasteiger partial charge in [0, 0.05) is 19.3 Å². The Morgan fingerprint density at radius 1 is 1.30 bits per heavy atom. The van der Waals surface area contributed by atoms with Crippen LogP contribution in [0.2, 0.25) is 0 Å². The Labute approximate surface area is 137 Å². The highest BCUT2D eigenvalue weighted by atomic mass is 16.6. The third-order valence-electron chi connectivity index (χ3n) is 3.32. The number of nitrogens with zero attached hydrogens (tertiary/aromatic N) is 2. The lowest BCUT2D eigenvalue weighted by Crippen LogP contribution is -2.33. The molecule has 0 saturated heterocycles. The number of hydrogen-bond donors (Lipinski definition) is 2. The first kappa shape index (κ1) is 17.3. The molecule has 2 rings (SSSR count). The van der Waals surface area contributed by atoms with Gasteiger partial charge < -0.3 is 19.8 Å². The fourth-order valence-electron chi connectivity index (χ4n) is 2.30. The van der Waals surface area contributed by atoms with Gasteiger partial charge in [0.2, 0.25) is 0 Å². The number of aromatic nitrogens is 2. The van der Waals surface area contributed by atoms with E-state index in [4.69, 9.17) is 4.74 Å². The average molecular weight is 318 g/mol. The lowest BCUT2D eigenvalue weighted by Gasteiger charge is -2.19. The Morgan fingerprint density at radius 2 is 2.09 bits per heavy atom. The standard InChI is InChI=1S/C17H26N4O2/c1-13-14(21-11-6-5-8-15(21)20-13)12-18-9-7-10-19-16(22)23-17(2,3)4/h5-6,8,11,18H,7,9-10,12H2,1-4H3,(H,19,22). The van der Waals surface area contributed by atoms with Gasteiger partial charge in [0.25, 0.3) is 0 Å². The predicted octanol–water partition coefficient (Wildman–Crippen LogP) is 2.65. The fraction of sp³-hybridized carbons (Fsp3) is 0.529. The molecule has 23 heavy (non-hydrogen) atoms. The van der Waals surface area contributed by atoms with Gasteiger partial charge in [-0.1, -0.05) is 6.07 Å². The summed E-state index contributed by atoms with van der Waals surface area (Å²) in [7, 11) is 0. The minimum absolute atomic E-state index is 0.366. The van der Waals surface area contributed by atoms with Gasteiger partial charge >= 0.3 is 6.09 Å². The molecule has 0 fully saturated rings. The van der Waals surface area contributed by atoms with Gasteiger partial charge in [-0.25, -0.2) is 9.78 Å². The van der Waals surface area contributed by atoms with Crippen molar-refractivity contribution >= 4 is 11.7 Å². The zero-order valence-corrected chi connectivity index (χ0v) is 14.3. The number of carbonyl (C=O) groups is 1. The molecule has 0 aliphatic heterocycles. The minimum atomic E-state index is -0.455. The van der Waals surface area contributed by atoms with Crippen molar-refractivity contribution < 1.29 is 9.53 Å². The first-order valence-corrected chi connectivity index (χ1v) is 7.97. The quantitative estimate of drug-likeness (QED) is 0.804. The van der Waals surface area contributed by atoms with Gasteiger partial charge in [0.05, 0.1) is 11.4 Å². The molecule has 0 saturated carbocycles. The predicted molar refractivity (Wildman–Crippen MR) is 90.5 cm³/mol. The highest BCUT2D eigenvalue weighted by molar-refractivity contribution is 5.67. The lowest BCUT2D eigenvalue weighted by atomic mass is 10.2. The number of carbonyl (C=O) groups excluding carboxylic acids is 1. The van der Waals surface area contributed by atoms with Gasteiger partial charge in [-0.2, -0.15) is 0 Å². The molecule has 0 spiro atoms. The molecule has 0 aliphatic carbocycles. The molecule has 2 N–H and O–H groups in total. The van der Waals surface area contributed by atoms with E-state index in [0.717, 1.165) is 30.9 Å². The third kappa shape index (κ3) is 5.25. The summed E-state index contributed by atoms with van der Waals surface area (Å²) in [5, 5.41) is 6.14. The van der Waals surface area contributed by atoms with Crippen molar-refractivity contribution in [2.24, 2.45) is 0 Å². The molecule has 126 valence electrons. The molecule has 2 heterocycles. The van der Waals surface area contributed by atoms with Crippen LogP contribution in [0.5, 0.6) is 0 Å². The van der Waals surface area contributed by atoms with Crippen molar-refractivity contribution in [3.63, 3.8) is 0 Å². The molecule has 0 atom stereocenters. The van der Waals surface area contributed by atoms with E-state index in [9.17, 15) is 4.79 Å². The molecule has 0 aliphatic rings. The maximum atomic E-state index is 11.5. The normalized spacial score (nSPS) is 11.7. The largest absolute Gasteiger partial charge is 0.444 e. The zero-order valence-electron chi connectivity index (χ0n) is 14.3. The van der Waals surface area contributed by atoms with Crippen molar-refractivity contribution in [1.29, 1.82) is 0 Å². The smallest absolute Gasteiger partial charge is 0.407 e. The first-order chi connectivity index (χ1) is 10.9. The highest BCUT2D eigenvalue weighted by Gasteiger charge is 2.15. The summed E-state index contributed by atoms with van der Waals surface area (Å²) in [6, 6.07) is 5.99. The SMILES string of the molecule is Cc1nc2ccccn2c1CNCCCNC(=O)OC(C)(C)C. The number of amides is 1. The van der Waals surface area contributed by atoms with Crippen LogP contribution in [0.15, 0.2) is 24.4 Å². The summed E-state index contributed by atoms with van der Waals surface area (Å²) in [4.78, 5) is 16.0. The number of hydrogen-bond acceptors (Lipinski definition) is 4. The Hall–Kier alpha value is -2.08. The highest BCUT2D eigenvalue weighted by Crippen LogP contribution is 2.11. The van der Waals surface area contributed by atoms with E-state index in [0.29, 0.717) is 6.54 Å². The number of pyridine rings is 1. The van der Waals surface area contributed by atoms with Crippen LogP contribution in [-0.2, 0) is 11.3 Å². The molecular weight excluding hydrogens is 292 g/mol. The van der Waals surface area contributed by atoms with Crippen LogP contribution in [-0.4, -0.2) is 34.2 Å². The third-order valence-corrected chi connectivity index (χ3v) is 3.32. The van der Waals surface area contributed by atoms with Crippen LogP contribution < -0.4 is 10.6 Å². The molecule has 2 aromatic heterocycles. The van der Waals surface area contributed by atoms with Gasteiger partial charge in [-0.15, -0.1) is 0 Å². The molecule has 0 aromatic carbocycles. The summed E-state index contributed by atoms with van der Waals surface area (Å²) in [6.45, 7) is 9.74. The molecule has 0 radical (unpaired) electrons. The first-order valence-electron chi connectivity index (χ1n) is 7.97. The molecule has 6 heteroatoms. The summed E-state index contributed by atoms with van der Waals surface area (Å²) < 4.78 is 7.28. The Balaban J connectivity index is 1.69. The average Bonchev–Trinajstić information content (AvgIpc) is 2.76. The van der Waals surface area contributed by atoms with E-state index >= 15 is 0 Å². The molecule has 1 amide bonds. The van der Waals surface area contributed by atoms with E-state index in [1.54, 1.807) is 0 Å². The summed E-state index contributed by atoms with van der Waals surface area (Å²) >= 11 is 0. The van der Waals surface area contributed by atoms with E-state index in [2.05, 4.69) is 20.0 Å². The van der Waals surface area contributed by atoms with Crippen LogP contribution in [0.4, 0.5) is 4.79 Å². The maximum Gasteiger partial charge on any atom is 0.407 e. The molecule has 2 aromatic rings. The fourth-order valence-corrected chi connectivity index (χ4v) is 2.30. The second-order valence-electron chi connectivity index (χ2n) is 6.53. The summed E-state index contributed by atoms with van der Waals surface area (Å²) in [5.74, 6) is 0. The molecule has 6 nitrogen and oxygen atoms in total. The van der Waals surface area contributed by atoms with Crippen LogP contribution in [0.3, 0.4) is 0 Å². The molecule has 0 bridgehead atoms. The van der Waals surface area contributed by atoms with Crippen molar-refractivity contribution in [3.05, 3.63) is 35.8 Å². The van der Waals surface area contributed by atoms with Gasteiger partial charge in [-0.05, 0) is 52.8 Å². The molecule has 0 unspecified atom stereocenters. The number of alkyl carbamates (subject to hydrolysis) is 1. The topological polar surface area (TPSA) is 67.7 Å². The minimum Gasteiger partial charge on any atom is -0.444 e. The number of aryl methyl sites for hydroxylation is 1. The van der Waals surface area contributed by atoms with Crippen molar-refractivity contribution in [2.45, 2.75) is 46.3 Å². The van der Waals surface area contributed by atoms with E-state index in [-0.39, 0.29) is 6.09 Å². The summed E-state index contributed by atoms with van der Waals surface area (Å²) in [5.41, 5.74) is 2.72. The lowest BCUT2D eigenvalue weighted by molar-refractivity contribution is 0.0527. The van der Waals surface area contributed by atoms with Crippen molar-refractivity contribution in [1.82, 2.24) is 20.0 Å². The van der Waals surface area contributed by atoms with Gasteiger partial charge in [0.1, 0.15) is 11.2 Å². The van der Waals surface area contributed by atoms with Crippen LogP contribution in [0, 0.1) is 6.92 Å². The summed E-state index contributed by atoms with van der Waals surface area (Å²) in [6.07, 6.45) is 2.50. The van der Waals surface area contributed by atoms with Gasteiger partial charge in [0.15, 0.2) is 0 Å². The number of ether oxygens (including phenoxy) is 1. The van der Waals surface area contributed by atoms with E-state index < -0.39 is 5.60 Å². The van der Waals surface area contributed by atoms with Gasteiger partial charge in [-0.3, -0.25) is 0 Å². The number of fused-ring (bicyclic) bond motifs is 1. The van der Waals surface area contributed by atoms with Crippen molar-refractivity contribution in [3.8, 4) is 0 Å². The Morgan fingerprint density at radius 3 is 2.83 bits per heavy atom. The Bertz CT molecular complexity index is 658.